The van der Waals surface area contributed by atoms with Crippen molar-refractivity contribution < 1.29 is 4.79 Å². The van der Waals surface area contributed by atoms with E-state index in [9.17, 15) is 4.79 Å². The molecule has 0 saturated heterocycles. The van der Waals surface area contributed by atoms with Gasteiger partial charge < -0.3 is 5.73 Å². The molecule has 1 rings (SSSR count). The molecule has 0 heterocycles. The van der Waals surface area contributed by atoms with Crippen LogP contribution in [-0.4, -0.2) is 12.3 Å². The molecule has 1 unspecified atom stereocenters. The molecule has 2 heteroatoms. The molecule has 0 fully saturated rings. The molecule has 0 aliphatic heterocycles. The maximum absolute atomic E-state index is 10.1. The molecule has 1 aliphatic carbocycles. The highest BCUT2D eigenvalue weighted by Crippen LogP contribution is 2.05. The fourth-order valence-electron chi connectivity index (χ4n) is 0.741. The van der Waals surface area contributed by atoms with Crippen LogP contribution in [0.2, 0.25) is 0 Å². The van der Waals surface area contributed by atoms with Crippen LogP contribution in [0.3, 0.4) is 0 Å². The van der Waals surface area contributed by atoms with Crippen molar-refractivity contribution in [1.29, 1.82) is 0 Å². The Morgan fingerprint density at radius 2 is 2.56 bits per heavy atom. The Labute approximate surface area is 54.0 Å². The third-order valence-corrected chi connectivity index (χ3v) is 1.30. The molecule has 2 nitrogen and oxygen atoms in total. The summed E-state index contributed by atoms with van der Waals surface area (Å²) in [5, 5.41) is 0. The number of hydrogen-bond donors (Lipinski definition) is 1. The Kier molecular flexibility index (Phi) is 1.80. The molecule has 0 aromatic heterocycles. The van der Waals surface area contributed by atoms with Crippen LogP contribution in [0.4, 0.5) is 0 Å². The molecule has 0 aromatic carbocycles. The van der Waals surface area contributed by atoms with E-state index in [4.69, 9.17) is 5.73 Å². The molecule has 0 saturated carbocycles. The minimum Gasteiger partial charge on any atom is -0.324 e. The van der Waals surface area contributed by atoms with Crippen LogP contribution in [0.1, 0.15) is 6.42 Å². The van der Waals surface area contributed by atoms with Crippen LogP contribution >= 0.6 is 0 Å². The molecule has 0 radical (unpaired) electrons. The first-order valence-corrected chi connectivity index (χ1v) is 2.92. The number of carbonyl (C=O) groups is 1. The molecular weight excluding hydrogens is 114 g/mol. The largest absolute Gasteiger partial charge is 0.324 e. The summed E-state index contributed by atoms with van der Waals surface area (Å²) < 4.78 is 0. The van der Waals surface area contributed by atoms with Crippen molar-refractivity contribution in [1.82, 2.24) is 0 Å². The lowest BCUT2D eigenvalue weighted by Gasteiger charge is -2.06. The van der Waals surface area contributed by atoms with Crippen molar-refractivity contribution in [2.45, 2.75) is 12.5 Å². The van der Waals surface area contributed by atoms with Crippen molar-refractivity contribution in [3.05, 3.63) is 23.8 Å². The fraction of sp³-hybridized carbons (Fsp3) is 0.286. The molecule has 0 bridgehead atoms. The first kappa shape index (κ1) is 6.23. The van der Waals surface area contributed by atoms with Gasteiger partial charge in [-0.2, -0.15) is 0 Å². The Bertz CT molecular complexity index is 170. The fourth-order valence-corrected chi connectivity index (χ4v) is 0.741. The molecule has 9 heavy (non-hydrogen) atoms. The van der Waals surface area contributed by atoms with Gasteiger partial charge in [-0.1, -0.05) is 18.2 Å². The van der Waals surface area contributed by atoms with Crippen molar-refractivity contribution >= 4 is 6.29 Å². The van der Waals surface area contributed by atoms with Crippen molar-refractivity contribution in [2.75, 3.05) is 0 Å². The molecule has 2 N–H and O–H groups in total. The molecule has 1 atom stereocenters. The van der Waals surface area contributed by atoms with Gasteiger partial charge in [-0.15, -0.1) is 0 Å². The van der Waals surface area contributed by atoms with E-state index in [2.05, 4.69) is 0 Å². The van der Waals surface area contributed by atoms with Crippen LogP contribution in [0.15, 0.2) is 23.8 Å². The Hall–Kier alpha value is -0.890. The third-order valence-electron chi connectivity index (χ3n) is 1.30. The topological polar surface area (TPSA) is 43.1 Å². The zero-order chi connectivity index (χ0) is 6.69. The maximum atomic E-state index is 10.1. The number of carbonyl (C=O) groups excluding carboxylic acids is 1. The van der Waals surface area contributed by atoms with Crippen molar-refractivity contribution in [3.8, 4) is 0 Å². The molecule has 48 valence electrons. The molecular formula is C7H9NO. The van der Waals surface area contributed by atoms with Gasteiger partial charge in [-0.3, -0.25) is 4.79 Å². The average Bonchev–Trinajstić information content (AvgIpc) is 1.90. The minimum atomic E-state index is 0.105. The number of rotatable bonds is 1. The predicted molar refractivity (Wildman–Crippen MR) is 35.9 cm³/mol. The third kappa shape index (κ3) is 1.50. The molecule has 1 aliphatic rings. The van der Waals surface area contributed by atoms with E-state index in [1.807, 2.05) is 12.2 Å². The van der Waals surface area contributed by atoms with Gasteiger partial charge >= 0.3 is 0 Å². The number of aldehydes is 1. The quantitative estimate of drug-likeness (QED) is 0.513. The number of hydrogen-bond acceptors (Lipinski definition) is 2. The predicted octanol–water partition coefficient (Wildman–Crippen LogP) is 0.399. The lowest BCUT2D eigenvalue weighted by atomic mass is 10.1. The Morgan fingerprint density at radius 3 is 3.00 bits per heavy atom. The Balaban J connectivity index is 2.62. The van der Waals surface area contributed by atoms with E-state index in [0.717, 1.165) is 18.3 Å². The SMILES string of the molecule is NC1C=CC(C=O)=CC1. The summed E-state index contributed by atoms with van der Waals surface area (Å²) in [6.07, 6.45) is 7.05. The van der Waals surface area contributed by atoms with Gasteiger partial charge in [0.1, 0.15) is 6.29 Å². The van der Waals surface area contributed by atoms with E-state index in [1.165, 1.54) is 0 Å². The molecule has 0 spiro atoms. The second-order valence-electron chi connectivity index (χ2n) is 2.08. The van der Waals surface area contributed by atoms with E-state index in [1.54, 1.807) is 6.08 Å². The highest BCUT2D eigenvalue weighted by atomic mass is 16.1. The Morgan fingerprint density at radius 1 is 1.78 bits per heavy atom. The van der Waals surface area contributed by atoms with E-state index in [0.29, 0.717) is 0 Å². The average molecular weight is 123 g/mol. The summed E-state index contributed by atoms with van der Waals surface area (Å²) >= 11 is 0. The van der Waals surface area contributed by atoms with E-state index >= 15 is 0 Å². The lowest BCUT2D eigenvalue weighted by Crippen LogP contribution is -2.17. The summed E-state index contributed by atoms with van der Waals surface area (Å²) in [4.78, 5) is 10.1. The van der Waals surface area contributed by atoms with Crippen LogP contribution in [0.5, 0.6) is 0 Å². The van der Waals surface area contributed by atoms with Gasteiger partial charge in [0.25, 0.3) is 0 Å². The maximum Gasteiger partial charge on any atom is 0.149 e. The first-order chi connectivity index (χ1) is 4.33. The van der Waals surface area contributed by atoms with Crippen LogP contribution in [-0.2, 0) is 4.79 Å². The summed E-state index contributed by atoms with van der Waals surface area (Å²) in [6, 6.07) is 0.105. The lowest BCUT2D eigenvalue weighted by molar-refractivity contribution is -0.104. The van der Waals surface area contributed by atoms with Gasteiger partial charge in [0.2, 0.25) is 0 Å². The standard InChI is InChI=1S/C7H9NO/c8-7-3-1-6(5-9)2-4-7/h1-3,5,7H,4,8H2. The number of nitrogens with two attached hydrogens (primary N) is 1. The smallest absolute Gasteiger partial charge is 0.149 e. The van der Waals surface area contributed by atoms with Crippen LogP contribution in [0.25, 0.3) is 0 Å². The highest BCUT2D eigenvalue weighted by molar-refractivity contribution is 5.77. The summed E-state index contributed by atoms with van der Waals surface area (Å²) in [5.74, 6) is 0. The van der Waals surface area contributed by atoms with Gasteiger partial charge in [-0.05, 0) is 6.42 Å². The summed E-state index contributed by atoms with van der Waals surface area (Å²) in [7, 11) is 0. The number of allylic oxidation sites excluding steroid dienone is 2. The molecule has 0 amide bonds. The van der Waals surface area contributed by atoms with Crippen LogP contribution < -0.4 is 5.73 Å². The van der Waals surface area contributed by atoms with Gasteiger partial charge in [-0.25, -0.2) is 0 Å². The van der Waals surface area contributed by atoms with Crippen molar-refractivity contribution in [2.24, 2.45) is 5.73 Å². The first-order valence-electron chi connectivity index (χ1n) is 2.92. The van der Waals surface area contributed by atoms with E-state index < -0.39 is 0 Å². The second kappa shape index (κ2) is 2.60. The van der Waals surface area contributed by atoms with Gasteiger partial charge in [0.15, 0.2) is 0 Å². The minimum absolute atomic E-state index is 0.105. The van der Waals surface area contributed by atoms with Gasteiger partial charge in [0.05, 0.1) is 0 Å². The second-order valence-corrected chi connectivity index (χ2v) is 2.08. The molecule has 0 aromatic rings. The normalized spacial score (nSPS) is 25.4. The van der Waals surface area contributed by atoms with E-state index in [-0.39, 0.29) is 6.04 Å². The highest BCUT2D eigenvalue weighted by Gasteiger charge is 2.00. The van der Waals surface area contributed by atoms with Crippen molar-refractivity contribution in [3.63, 3.8) is 0 Å². The van der Waals surface area contributed by atoms with Gasteiger partial charge in [0, 0.05) is 11.6 Å². The zero-order valence-electron chi connectivity index (χ0n) is 5.08. The summed E-state index contributed by atoms with van der Waals surface area (Å²) in [6.45, 7) is 0. The zero-order valence-corrected chi connectivity index (χ0v) is 5.08. The van der Waals surface area contributed by atoms with Crippen LogP contribution in [0, 0.1) is 0 Å². The monoisotopic (exact) mass is 123 g/mol. The summed E-state index contributed by atoms with van der Waals surface area (Å²) in [5.41, 5.74) is 6.24.